The van der Waals surface area contributed by atoms with Crippen molar-refractivity contribution in [2.75, 3.05) is 6.26 Å². The first kappa shape index (κ1) is 11.3. The topological polar surface area (TPSA) is 52.2 Å². The third-order valence-corrected chi connectivity index (χ3v) is 3.51. The maximum Gasteiger partial charge on any atom is 0.262 e. The number of aryl methyl sites for hydroxylation is 1. The van der Waals surface area contributed by atoms with Crippen LogP contribution >= 0.6 is 11.8 Å². The van der Waals surface area contributed by atoms with Gasteiger partial charge in [0.2, 0.25) is 5.78 Å². The zero-order chi connectivity index (χ0) is 12.7. The van der Waals surface area contributed by atoms with Gasteiger partial charge < -0.3 is 0 Å². The summed E-state index contributed by atoms with van der Waals surface area (Å²) in [5, 5.41) is 8.97. The average molecular weight is 260 g/mol. The molecule has 2 heterocycles. The zero-order valence-corrected chi connectivity index (χ0v) is 10.9. The summed E-state index contributed by atoms with van der Waals surface area (Å²) in [7, 11) is 1.72. The zero-order valence-electron chi connectivity index (χ0n) is 10.1. The van der Waals surface area contributed by atoms with Gasteiger partial charge >= 0.3 is 0 Å². The Hall–Kier alpha value is -1.82. The van der Waals surface area contributed by atoms with Gasteiger partial charge in [0.15, 0.2) is 0 Å². The van der Waals surface area contributed by atoms with E-state index in [9.17, 15) is 4.79 Å². The van der Waals surface area contributed by atoms with Gasteiger partial charge in [-0.1, -0.05) is 12.1 Å². The summed E-state index contributed by atoms with van der Waals surface area (Å²) in [6, 6.07) is 7.55. The predicted molar refractivity (Wildman–Crippen MR) is 73.0 cm³/mol. The van der Waals surface area contributed by atoms with Crippen LogP contribution in [0.1, 0.15) is 5.82 Å². The second kappa shape index (κ2) is 4.13. The number of fused-ring (bicyclic) bond motifs is 3. The third-order valence-electron chi connectivity index (χ3n) is 2.97. The van der Waals surface area contributed by atoms with Gasteiger partial charge in [-0.15, -0.1) is 10.2 Å². The molecule has 0 unspecified atom stereocenters. The Balaban J connectivity index is 2.56. The molecule has 1 aromatic carbocycles. The highest BCUT2D eigenvalue weighted by Crippen LogP contribution is 2.16. The fourth-order valence-corrected chi connectivity index (χ4v) is 2.56. The van der Waals surface area contributed by atoms with Crippen molar-refractivity contribution in [3.05, 3.63) is 40.4 Å². The SMILES string of the molecule is CSCc1nnc2n(C)c(=O)c3ccccc3n12. The standard InChI is InChI=1S/C12H12N4OS/c1-15-11(17)8-5-3-4-6-9(8)16-10(7-18-2)13-14-12(15)16/h3-6H,7H2,1-2H3. The van der Waals surface area contributed by atoms with Gasteiger partial charge in [0.05, 0.1) is 16.7 Å². The molecule has 18 heavy (non-hydrogen) atoms. The summed E-state index contributed by atoms with van der Waals surface area (Å²) in [6.07, 6.45) is 2.02. The molecule has 0 saturated carbocycles. The summed E-state index contributed by atoms with van der Waals surface area (Å²) < 4.78 is 3.49. The molecule has 0 saturated heterocycles. The van der Waals surface area contributed by atoms with Gasteiger partial charge in [0.25, 0.3) is 5.56 Å². The van der Waals surface area contributed by atoms with Gasteiger partial charge in [0.1, 0.15) is 5.82 Å². The van der Waals surface area contributed by atoms with Crippen LogP contribution in [0.4, 0.5) is 0 Å². The number of nitrogens with zero attached hydrogens (tertiary/aromatic N) is 4. The molecule has 0 radical (unpaired) electrons. The molecule has 92 valence electrons. The summed E-state index contributed by atoms with van der Waals surface area (Å²) >= 11 is 1.68. The maximum absolute atomic E-state index is 12.2. The van der Waals surface area contributed by atoms with Crippen LogP contribution in [0.15, 0.2) is 29.1 Å². The van der Waals surface area contributed by atoms with Crippen LogP contribution in [-0.2, 0) is 12.8 Å². The summed E-state index contributed by atoms with van der Waals surface area (Å²) in [6.45, 7) is 0. The number of rotatable bonds is 2. The van der Waals surface area contributed by atoms with Gasteiger partial charge in [0, 0.05) is 7.05 Å². The number of thioether (sulfide) groups is 1. The smallest absolute Gasteiger partial charge is 0.262 e. The second-order valence-electron chi connectivity index (χ2n) is 4.07. The van der Waals surface area contributed by atoms with Crippen molar-refractivity contribution in [2.24, 2.45) is 7.05 Å². The third kappa shape index (κ3) is 1.45. The van der Waals surface area contributed by atoms with E-state index < -0.39 is 0 Å². The van der Waals surface area contributed by atoms with E-state index in [1.54, 1.807) is 23.4 Å². The van der Waals surface area contributed by atoms with Crippen molar-refractivity contribution in [2.45, 2.75) is 5.75 Å². The molecule has 6 heteroatoms. The highest BCUT2D eigenvalue weighted by Gasteiger charge is 2.13. The predicted octanol–water partition coefficient (Wildman–Crippen LogP) is 1.44. The Morgan fingerprint density at radius 1 is 1.28 bits per heavy atom. The van der Waals surface area contributed by atoms with Crippen molar-refractivity contribution in [1.29, 1.82) is 0 Å². The monoisotopic (exact) mass is 260 g/mol. The molecule has 2 aromatic heterocycles. The Kier molecular flexibility index (Phi) is 2.59. The van der Waals surface area contributed by atoms with Gasteiger partial charge in [-0.2, -0.15) is 11.8 Å². The van der Waals surface area contributed by atoms with E-state index in [1.165, 1.54) is 0 Å². The average Bonchev–Trinajstić information content (AvgIpc) is 2.81. The Bertz CT molecular complexity index is 790. The number of hydrogen-bond acceptors (Lipinski definition) is 4. The van der Waals surface area contributed by atoms with Crippen molar-refractivity contribution in [1.82, 2.24) is 19.2 Å². The molecule has 0 aliphatic heterocycles. The van der Waals surface area contributed by atoms with Crippen LogP contribution in [0.3, 0.4) is 0 Å². The molecule has 0 fully saturated rings. The van der Waals surface area contributed by atoms with Crippen LogP contribution < -0.4 is 5.56 Å². The number of benzene rings is 1. The fourth-order valence-electron chi connectivity index (χ4n) is 2.11. The van der Waals surface area contributed by atoms with Crippen molar-refractivity contribution >= 4 is 28.4 Å². The van der Waals surface area contributed by atoms with Crippen LogP contribution in [0, 0.1) is 0 Å². The first-order valence-corrected chi connectivity index (χ1v) is 6.94. The first-order chi connectivity index (χ1) is 8.74. The summed E-state index contributed by atoms with van der Waals surface area (Å²) in [4.78, 5) is 12.2. The summed E-state index contributed by atoms with van der Waals surface area (Å²) in [5.41, 5.74) is 0.825. The number of para-hydroxylation sites is 1. The van der Waals surface area contributed by atoms with Crippen molar-refractivity contribution in [3.63, 3.8) is 0 Å². The minimum Gasteiger partial charge on any atom is -0.279 e. The lowest BCUT2D eigenvalue weighted by Gasteiger charge is -2.06. The Morgan fingerprint density at radius 3 is 2.83 bits per heavy atom. The minimum atomic E-state index is -0.0406. The maximum atomic E-state index is 12.2. The molecule has 5 nitrogen and oxygen atoms in total. The fraction of sp³-hybridized carbons (Fsp3) is 0.250. The van der Waals surface area contributed by atoms with Gasteiger partial charge in [-0.05, 0) is 18.4 Å². The van der Waals surface area contributed by atoms with E-state index >= 15 is 0 Å². The lowest BCUT2D eigenvalue weighted by molar-refractivity contribution is 0.858. The quantitative estimate of drug-likeness (QED) is 0.699. The lowest BCUT2D eigenvalue weighted by atomic mass is 10.2. The van der Waals surface area contributed by atoms with Crippen molar-refractivity contribution < 1.29 is 0 Å². The molecule has 0 amide bonds. The Morgan fingerprint density at radius 2 is 2.06 bits per heavy atom. The molecule has 0 bridgehead atoms. The van der Waals surface area contributed by atoms with Crippen LogP contribution in [0.25, 0.3) is 16.7 Å². The normalized spacial score (nSPS) is 11.4. The van der Waals surface area contributed by atoms with Gasteiger partial charge in [-0.3, -0.25) is 13.8 Å². The molecule has 0 spiro atoms. The second-order valence-corrected chi connectivity index (χ2v) is 4.93. The molecular weight excluding hydrogens is 248 g/mol. The molecule has 0 atom stereocenters. The molecule has 0 aliphatic carbocycles. The minimum absolute atomic E-state index is 0.0406. The van der Waals surface area contributed by atoms with Crippen LogP contribution in [0.2, 0.25) is 0 Å². The van der Waals surface area contributed by atoms with E-state index in [4.69, 9.17) is 0 Å². The lowest BCUT2D eigenvalue weighted by Crippen LogP contribution is -2.20. The molecule has 3 rings (SSSR count). The highest BCUT2D eigenvalue weighted by molar-refractivity contribution is 7.97. The molecule has 3 aromatic rings. The van der Waals surface area contributed by atoms with Gasteiger partial charge in [-0.25, -0.2) is 0 Å². The molecule has 0 aliphatic rings. The summed E-state index contributed by atoms with van der Waals surface area (Å²) in [5.74, 6) is 2.22. The van der Waals surface area contributed by atoms with E-state index in [2.05, 4.69) is 10.2 Å². The highest BCUT2D eigenvalue weighted by atomic mass is 32.2. The van der Waals surface area contributed by atoms with Crippen LogP contribution in [-0.4, -0.2) is 25.4 Å². The van der Waals surface area contributed by atoms with E-state index in [0.717, 1.165) is 17.1 Å². The molecular formula is C12H12N4OS. The first-order valence-electron chi connectivity index (χ1n) is 5.54. The van der Waals surface area contributed by atoms with E-state index in [0.29, 0.717) is 11.2 Å². The van der Waals surface area contributed by atoms with E-state index in [1.807, 2.05) is 34.9 Å². The largest absolute Gasteiger partial charge is 0.279 e. The molecule has 0 N–H and O–H groups in total. The number of hydrogen-bond donors (Lipinski definition) is 0. The van der Waals surface area contributed by atoms with Crippen molar-refractivity contribution in [3.8, 4) is 0 Å². The van der Waals surface area contributed by atoms with Crippen LogP contribution in [0.5, 0.6) is 0 Å². The van der Waals surface area contributed by atoms with E-state index in [-0.39, 0.29) is 5.56 Å². The Labute approximate surface area is 107 Å². The number of aromatic nitrogens is 4.